The van der Waals surface area contributed by atoms with Crippen LogP contribution in [0.3, 0.4) is 0 Å². The minimum atomic E-state index is -0.210. The Morgan fingerprint density at radius 1 is 0.963 bits per heavy atom. The molecular formula is C22H23NO4. The maximum absolute atomic E-state index is 12.8. The fourth-order valence-corrected chi connectivity index (χ4v) is 3.04. The van der Waals surface area contributed by atoms with Gasteiger partial charge in [0.05, 0.1) is 19.8 Å². The maximum atomic E-state index is 12.8. The van der Waals surface area contributed by atoms with Gasteiger partial charge in [-0.1, -0.05) is 30.3 Å². The predicted molar refractivity (Wildman–Crippen MR) is 106 cm³/mol. The maximum Gasteiger partial charge on any atom is 0.257 e. The van der Waals surface area contributed by atoms with Crippen LogP contribution in [0.2, 0.25) is 0 Å². The van der Waals surface area contributed by atoms with E-state index in [1.165, 1.54) is 0 Å². The molecule has 0 saturated carbocycles. The lowest BCUT2D eigenvalue weighted by molar-refractivity contribution is 0.0794. The molecule has 27 heavy (non-hydrogen) atoms. The van der Waals surface area contributed by atoms with Gasteiger partial charge in [0.1, 0.15) is 5.75 Å². The van der Waals surface area contributed by atoms with E-state index in [2.05, 4.69) is 0 Å². The smallest absolute Gasteiger partial charge is 0.257 e. The highest BCUT2D eigenvalue weighted by molar-refractivity contribution is 6.01. The van der Waals surface area contributed by atoms with E-state index in [0.717, 1.165) is 16.3 Å². The second-order valence-corrected chi connectivity index (χ2v) is 6.38. The molecular weight excluding hydrogens is 342 g/mol. The Morgan fingerprint density at radius 3 is 2.30 bits per heavy atom. The molecule has 0 saturated heterocycles. The number of phenolic OH excluding ortho intramolecular Hbond substituents is 1. The zero-order valence-electron chi connectivity index (χ0n) is 15.7. The molecule has 5 heteroatoms. The number of likely N-dealkylation sites (N-methyl/N-ethyl adjacent to an activating group) is 1. The van der Waals surface area contributed by atoms with Crippen molar-refractivity contribution >= 4 is 16.7 Å². The zero-order chi connectivity index (χ0) is 19.4. The van der Waals surface area contributed by atoms with Crippen LogP contribution in [0.5, 0.6) is 17.2 Å². The van der Waals surface area contributed by atoms with Gasteiger partial charge in [0, 0.05) is 13.6 Å². The van der Waals surface area contributed by atoms with Crippen LogP contribution in [0.15, 0.2) is 54.6 Å². The standard InChI is InChI=1S/C22H23NO4/c1-23(11-10-15-8-9-20(26-2)21(12-15)27-3)22(25)18-13-16-6-4-5-7-17(16)14-19(18)24/h4-9,12-14,24H,10-11H2,1-3H3. The number of benzene rings is 3. The number of nitrogens with zero attached hydrogens (tertiary/aromatic N) is 1. The number of fused-ring (bicyclic) bond motifs is 1. The summed E-state index contributed by atoms with van der Waals surface area (Å²) in [4.78, 5) is 14.4. The molecule has 1 N–H and O–H groups in total. The van der Waals surface area contributed by atoms with Crippen LogP contribution in [0.4, 0.5) is 0 Å². The van der Waals surface area contributed by atoms with E-state index < -0.39 is 0 Å². The first-order valence-corrected chi connectivity index (χ1v) is 8.71. The first kappa shape index (κ1) is 18.6. The molecule has 0 fully saturated rings. The van der Waals surface area contributed by atoms with Crippen LogP contribution in [0.25, 0.3) is 10.8 Å². The molecule has 0 bridgehead atoms. The number of carbonyl (C=O) groups is 1. The van der Waals surface area contributed by atoms with Crippen molar-refractivity contribution in [2.75, 3.05) is 27.8 Å². The van der Waals surface area contributed by atoms with E-state index in [9.17, 15) is 9.90 Å². The Kier molecular flexibility index (Phi) is 5.50. The van der Waals surface area contributed by atoms with Crippen LogP contribution >= 0.6 is 0 Å². The summed E-state index contributed by atoms with van der Waals surface area (Å²) in [7, 11) is 4.93. The van der Waals surface area contributed by atoms with E-state index in [1.54, 1.807) is 38.3 Å². The molecule has 3 rings (SSSR count). The number of rotatable bonds is 6. The third-order valence-electron chi connectivity index (χ3n) is 4.62. The Labute approximate surface area is 158 Å². The van der Waals surface area contributed by atoms with Crippen LogP contribution in [-0.4, -0.2) is 43.7 Å². The summed E-state index contributed by atoms with van der Waals surface area (Å²) in [5, 5.41) is 12.1. The molecule has 0 atom stereocenters. The van der Waals surface area contributed by atoms with Crippen LogP contribution in [-0.2, 0) is 6.42 Å². The predicted octanol–water partition coefficient (Wildman–Crippen LogP) is 3.88. The van der Waals surface area contributed by atoms with Crippen molar-refractivity contribution < 1.29 is 19.4 Å². The second kappa shape index (κ2) is 7.99. The lowest BCUT2D eigenvalue weighted by Crippen LogP contribution is -2.28. The lowest BCUT2D eigenvalue weighted by atomic mass is 10.0. The summed E-state index contributed by atoms with van der Waals surface area (Å²) in [6, 6.07) is 16.7. The molecule has 1 amide bonds. The molecule has 0 aliphatic heterocycles. The molecule has 0 aromatic heterocycles. The zero-order valence-corrected chi connectivity index (χ0v) is 15.7. The van der Waals surface area contributed by atoms with E-state index in [1.807, 2.05) is 42.5 Å². The third-order valence-corrected chi connectivity index (χ3v) is 4.62. The highest BCUT2D eigenvalue weighted by Crippen LogP contribution is 2.28. The molecule has 3 aromatic carbocycles. The molecule has 0 radical (unpaired) electrons. The largest absolute Gasteiger partial charge is 0.507 e. The van der Waals surface area contributed by atoms with Gasteiger partial charge in [-0.3, -0.25) is 4.79 Å². The van der Waals surface area contributed by atoms with Gasteiger partial charge in [0.2, 0.25) is 0 Å². The fraction of sp³-hybridized carbons (Fsp3) is 0.227. The molecule has 0 unspecified atom stereocenters. The SMILES string of the molecule is COc1ccc(CCN(C)C(=O)c2cc3ccccc3cc2O)cc1OC. The Balaban J connectivity index is 1.74. The molecule has 5 nitrogen and oxygen atoms in total. The van der Waals surface area contributed by atoms with Crippen molar-refractivity contribution in [2.24, 2.45) is 0 Å². The lowest BCUT2D eigenvalue weighted by Gasteiger charge is -2.19. The van der Waals surface area contributed by atoms with Crippen molar-refractivity contribution in [3.05, 3.63) is 65.7 Å². The third kappa shape index (κ3) is 3.97. The number of aromatic hydroxyl groups is 1. The molecule has 140 valence electrons. The van der Waals surface area contributed by atoms with Gasteiger partial charge >= 0.3 is 0 Å². The van der Waals surface area contributed by atoms with Gasteiger partial charge in [-0.25, -0.2) is 0 Å². The number of amides is 1. The average Bonchev–Trinajstić information content (AvgIpc) is 2.70. The summed E-state index contributed by atoms with van der Waals surface area (Å²) in [6.45, 7) is 0.514. The van der Waals surface area contributed by atoms with Gasteiger partial charge in [-0.05, 0) is 47.0 Å². The summed E-state index contributed by atoms with van der Waals surface area (Å²) in [5.74, 6) is 1.12. The van der Waals surface area contributed by atoms with Crippen LogP contribution in [0, 0.1) is 0 Å². The van der Waals surface area contributed by atoms with E-state index in [-0.39, 0.29) is 11.7 Å². The van der Waals surface area contributed by atoms with Crippen LogP contribution < -0.4 is 9.47 Å². The summed E-state index contributed by atoms with van der Waals surface area (Å²) >= 11 is 0. The Hall–Kier alpha value is -3.21. The average molecular weight is 365 g/mol. The number of methoxy groups -OCH3 is 2. The van der Waals surface area contributed by atoms with Gasteiger partial charge in [-0.15, -0.1) is 0 Å². The van der Waals surface area contributed by atoms with Gasteiger partial charge in [0.15, 0.2) is 11.5 Å². The van der Waals surface area contributed by atoms with Crippen LogP contribution in [0.1, 0.15) is 15.9 Å². The molecule has 3 aromatic rings. The van der Waals surface area contributed by atoms with Crippen molar-refractivity contribution in [3.8, 4) is 17.2 Å². The first-order chi connectivity index (χ1) is 13.0. The number of phenols is 1. The van der Waals surface area contributed by atoms with Gasteiger partial charge in [0.25, 0.3) is 5.91 Å². The molecule has 0 aliphatic carbocycles. The van der Waals surface area contributed by atoms with E-state index in [0.29, 0.717) is 30.0 Å². The van der Waals surface area contributed by atoms with Gasteiger partial charge < -0.3 is 19.5 Å². The molecule has 0 heterocycles. The van der Waals surface area contributed by atoms with Crippen molar-refractivity contribution in [1.82, 2.24) is 4.90 Å². The summed E-state index contributed by atoms with van der Waals surface area (Å²) in [6.07, 6.45) is 0.664. The van der Waals surface area contributed by atoms with Crippen molar-refractivity contribution in [3.63, 3.8) is 0 Å². The highest BCUT2D eigenvalue weighted by Gasteiger charge is 2.17. The second-order valence-electron chi connectivity index (χ2n) is 6.38. The topological polar surface area (TPSA) is 59.0 Å². The number of ether oxygens (including phenoxy) is 2. The van der Waals surface area contributed by atoms with E-state index in [4.69, 9.17) is 9.47 Å². The van der Waals surface area contributed by atoms with Crippen molar-refractivity contribution in [2.45, 2.75) is 6.42 Å². The van der Waals surface area contributed by atoms with E-state index >= 15 is 0 Å². The highest BCUT2D eigenvalue weighted by atomic mass is 16.5. The first-order valence-electron chi connectivity index (χ1n) is 8.71. The monoisotopic (exact) mass is 365 g/mol. The molecule has 0 aliphatic rings. The summed E-state index contributed by atoms with van der Waals surface area (Å²) in [5.41, 5.74) is 1.35. The minimum Gasteiger partial charge on any atom is -0.507 e. The quantitative estimate of drug-likeness (QED) is 0.720. The van der Waals surface area contributed by atoms with Gasteiger partial charge in [-0.2, -0.15) is 0 Å². The Morgan fingerprint density at radius 2 is 1.63 bits per heavy atom. The minimum absolute atomic E-state index is 0.00309. The number of hydrogen-bond acceptors (Lipinski definition) is 4. The van der Waals surface area contributed by atoms with Crippen molar-refractivity contribution in [1.29, 1.82) is 0 Å². The normalized spacial score (nSPS) is 10.6. The Bertz CT molecular complexity index is 968. The number of carbonyl (C=O) groups excluding carboxylic acids is 1. The molecule has 0 spiro atoms. The number of hydrogen-bond donors (Lipinski definition) is 1. The fourth-order valence-electron chi connectivity index (χ4n) is 3.04. The summed E-state index contributed by atoms with van der Waals surface area (Å²) < 4.78 is 10.6.